The highest BCUT2D eigenvalue weighted by Crippen LogP contribution is 2.39. The molecule has 3 rings (SSSR count). The topological polar surface area (TPSA) is 60.0 Å². The van der Waals surface area contributed by atoms with Gasteiger partial charge < -0.3 is 19.5 Å². The van der Waals surface area contributed by atoms with E-state index in [2.05, 4.69) is 10.2 Å². The number of amides is 1. The molecule has 0 unspecified atom stereocenters. The van der Waals surface area contributed by atoms with Gasteiger partial charge in [-0.2, -0.15) is 0 Å². The molecule has 0 aromatic heterocycles. The fraction of sp³-hybridized carbons (Fsp3) is 0.435. The Labute approximate surface area is 172 Å². The van der Waals surface area contributed by atoms with Gasteiger partial charge in [-0.25, -0.2) is 0 Å². The Morgan fingerprint density at radius 1 is 1.07 bits per heavy atom. The van der Waals surface area contributed by atoms with E-state index in [1.54, 1.807) is 21.3 Å². The lowest BCUT2D eigenvalue weighted by Gasteiger charge is -2.31. The first-order valence-corrected chi connectivity index (χ1v) is 9.95. The molecule has 0 bridgehead atoms. The van der Waals surface area contributed by atoms with Crippen LogP contribution in [0.3, 0.4) is 0 Å². The molecule has 1 amide bonds. The van der Waals surface area contributed by atoms with E-state index in [-0.39, 0.29) is 18.0 Å². The number of likely N-dealkylation sites (tertiary alicyclic amines) is 1. The van der Waals surface area contributed by atoms with Crippen molar-refractivity contribution >= 4 is 5.91 Å². The molecule has 0 saturated carbocycles. The summed E-state index contributed by atoms with van der Waals surface area (Å²) in [5, 5.41) is 3.06. The molecule has 29 heavy (non-hydrogen) atoms. The second-order valence-electron chi connectivity index (χ2n) is 7.25. The lowest BCUT2D eigenvalue weighted by Crippen LogP contribution is -2.44. The van der Waals surface area contributed by atoms with Crippen LogP contribution in [0.5, 0.6) is 17.2 Å². The molecular formula is C23H30N2O4. The standard InChI is InChI=1S/C23H30N2O4/c1-16(23(26)24-15-17-7-9-18(27-2)10-8-17)25-13-5-6-21(25)20-12-11-19(28-3)14-22(20)29-4/h7-12,14,16,21H,5-6,13,15H2,1-4H3,(H,24,26)/t16-,21-/m1/s1. The predicted octanol–water partition coefficient (Wildman–Crippen LogP) is 3.55. The first kappa shape index (κ1) is 21.0. The van der Waals surface area contributed by atoms with Crippen LogP contribution in [0, 0.1) is 0 Å². The Morgan fingerprint density at radius 3 is 2.41 bits per heavy atom. The third kappa shape index (κ3) is 4.82. The first-order chi connectivity index (χ1) is 14.1. The quantitative estimate of drug-likeness (QED) is 0.737. The summed E-state index contributed by atoms with van der Waals surface area (Å²) in [6.07, 6.45) is 2.05. The van der Waals surface area contributed by atoms with Gasteiger partial charge in [-0.1, -0.05) is 18.2 Å². The minimum absolute atomic E-state index is 0.0280. The van der Waals surface area contributed by atoms with Gasteiger partial charge in [0.2, 0.25) is 5.91 Å². The van der Waals surface area contributed by atoms with E-state index >= 15 is 0 Å². The monoisotopic (exact) mass is 398 g/mol. The average Bonchev–Trinajstić information content (AvgIpc) is 3.26. The Hall–Kier alpha value is -2.73. The highest BCUT2D eigenvalue weighted by Gasteiger charge is 2.34. The molecule has 6 nitrogen and oxygen atoms in total. The zero-order valence-corrected chi connectivity index (χ0v) is 17.6. The third-order valence-corrected chi connectivity index (χ3v) is 5.60. The van der Waals surface area contributed by atoms with E-state index in [0.29, 0.717) is 6.54 Å². The SMILES string of the molecule is COc1ccc(CNC(=O)[C@@H](C)N2CCC[C@@H]2c2ccc(OC)cc2OC)cc1. The summed E-state index contributed by atoms with van der Waals surface area (Å²) in [5.41, 5.74) is 2.14. The largest absolute Gasteiger partial charge is 0.497 e. The van der Waals surface area contributed by atoms with Gasteiger partial charge in [0.25, 0.3) is 0 Å². The molecule has 1 N–H and O–H groups in total. The highest BCUT2D eigenvalue weighted by atomic mass is 16.5. The number of nitrogens with one attached hydrogen (secondary N) is 1. The number of benzene rings is 2. The summed E-state index contributed by atoms with van der Waals surface area (Å²) >= 11 is 0. The van der Waals surface area contributed by atoms with Crippen molar-refractivity contribution < 1.29 is 19.0 Å². The molecule has 156 valence electrons. The van der Waals surface area contributed by atoms with E-state index in [1.165, 1.54) is 0 Å². The number of hydrogen-bond acceptors (Lipinski definition) is 5. The number of methoxy groups -OCH3 is 3. The molecule has 2 aromatic rings. The van der Waals surface area contributed by atoms with E-state index in [9.17, 15) is 4.79 Å². The number of carbonyl (C=O) groups excluding carboxylic acids is 1. The van der Waals surface area contributed by atoms with Gasteiger partial charge in [-0.3, -0.25) is 9.69 Å². The maximum atomic E-state index is 12.8. The highest BCUT2D eigenvalue weighted by molar-refractivity contribution is 5.81. The van der Waals surface area contributed by atoms with E-state index in [4.69, 9.17) is 14.2 Å². The van der Waals surface area contributed by atoms with Crippen LogP contribution in [0.25, 0.3) is 0 Å². The van der Waals surface area contributed by atoms with Crippen molar-refractivity contribution in [3.8, 4) is 17.2 Å². The van der Waals surface area contributed by atoms with Gasteiger partial charge in [0, 0.05) is 24.2 Å². The Morgan fingerprint density at radius 2 is 1.76 bits per heavy atom. The smallest absolute Gasteiger partial charge is 0.237 e. The lowest BCUT2D eigenvalue weighted by molar-refractivity contribution is -0.126. The fourth-order valence-corrected chi connectivity index (χ4v) is 3.91. The van der Waals surface area contributed by atoms with Crippen LogP contribution in [0.2, 0.25) is 0 Å². The average molecular weight is 399 g/mol. The molecule has 2 aromatic carbocycles. The summed E-state index contributed by atoms with van der Waals surface area (Å²) in [6, 6.07) is 13.5. The zero-order valence-electron chi connectivity index (χ0n) is 17.6. The second kappa shape index (κ2) is 9.65. The molecular weight excluding hydrogens is 368 g/mol. The molecule has 1 saturated heterocycles. The fourth-order valence-electron chi connectivity index (χ4n) is 3.91. The van der Waals surface area contributed by atoms with Gasteiger partial charge in [0.1, 0.15) is 17.2 Å². The maximum Gasteiger partial charge on any atom is 0.237 e. The van der Waals surface area contributed by atoms with Crippen molar-refractivity contribution in [2.24, 2.45) is 0 Å². The summed E-state index contributed by atoms with van der Waals surface area (Å²) in [5.74, 6) is 2.40. The lowest BCUT2D eigenvalue weighted by atomic mass is 10.0. The van der Waals surface area contributed by atoms with Crippen LogP contribution < -0.4 is 19.5 Å². The Balaban J connectivity index is 1.67. The van der Waals surface area contributed by atoms with Gasteiger partial charge in [-0.15, -0.1) is 0 Å². The van der Waals surface area contributed by atoms with E-state index < -0.39 is 0 Å². The van der Waals surface area contributed by atoms with Crippen LogP contribution >= 0.6 is 0 Å². The van der Waals surface area contributed by atoms with Gasteiger partial charge in [-0.05, 0) is 50.1 Å². The van der Waals surface area contributed by atoms with Crippen molar-refractivity contribution in [1.29, 1.82) is 0 Å². The Bertz CT molecular complexity index is 822. The van der Waals surface area contributed by atoms with Crippen molar-refractivity contribution in [1.82, 2.24) is 10.2 Å². The van der Waals surface area contributed by atoms with Crippen molar-refractivity contribution in [3.05, 3.63) is 53.6 Å². The van der Waals surface area contributed by atoms with Crippen LogP contribution in [-0.4, -0.2) is 44.7 Å². The van der Waals surface area contributed by atoms with Crippen LogP contribution in [0.4, 0.5) is 0 Å². The molecule has 2 atom stereocenters. The summed E-state index contributed by atoms with van der Waals surface area (Å²) in [7, 11) is 4.96. The molecule has 6 heteroatoms. The van der Waals surface area contributed by atoms with Crippen LogP contribution in [0.1, 0.15) is 36.9 Å². The van der Waals surface area contributed by atoms with E-state index in [1.807, 2.05) is 49.4 Å². The number of nitrogens with zero attached hydrogens (tertiary/aromatic N) is 1. The zero-order chi connectivity index (χ0) is 20.8. The second-order valence-corrected chi connectivity index (χ2v) is 7.25. The number of hydrogen-bond donors (Lipinski definition) is 1. The van der Waals surface area contributed by atoms with Gasteiger partial charge >= 0.3 is 0 Å². The normalized spacial score (nSPS) is 17.6. The minimum atomic E-state index is -0.229. The van der Waals surface area contributed by atoms with Crippen LogP contribution in [-0.2, 0) is 11.3 Å². The van der Waals surface area contributed by atoms with E-state index in [0.717, 1.165) is 47.8 Å². The summed E-state index contributed by atoms with van der Waals surface area (Å²) in [4.78, 5) is 15.1. The number of carbonyl (C=O) groups is 1. The van der Waals surface area contributed by atoms with Gasteiger partial charge in [0.05, 0.1) is 27.4 Å². The molecule has 1 heterocycles. The first-order valence-electron chi connectivity index (χ1n) is 9.95. The van der Waals surface area contributed by atoms with Crippen molar-refractivity contribution in [2.45, 2.75) is 38.4 Å². The summed E-state index contributed by atoms with van der Waals surface area (Å²) < 4.78 is 16.1. The van der Waals surface area contributed by atoms with Crippen LogP contribution in [0.15, 0.2) is 42.5 Å². The minimum Gasteiger partial charge on any atom is -0.497 e. The molecule has 0 aliphatic carbocycles. The third-order valence-electron chi connectivity index (χ3n) is 5.60. The Kier molecular flexibility index (Phi) is 6.99. The molecule has 0 spiro atoms. The molecule has 1 aliphatic heterocycles. The van der Waals surface area contributed by atoms with Crippen molar-refractivity contribution in [2.75, 3.05) is 27.9 Å². The summed E-state index contributed by atoms with van der Waals surface area (Å²) in [6.45, 7) is 3.35. The molecule has 1 aliphatic rings. The van der Waals surface area contributed by atoms with Gasteiger partial charge in [0.15, 0.2) is 0 Å². The number of rotatable bonds is 8. The molecule has 0 radical (unpaired) electrons. The molecule has 1 fully saturated rings. The predicted molar refractivity (Wildman–Crippen MR) is 113 cm³/mol. The maximum absolute atomic E-state index is 12.8. The number of ether oxygens (including phenoxy) is 3. The van der Waals surface area contributed by atoms with Crippen molar-refractivity contribution in [3.63, 3.8) is 0 Å².